The van der Waals surface area contributed by atoms with Crippen LogP contribution in [0.4, 0.5) is 0 Å². The highest BCUT2D eigenvalue weighted by molar-refractivity contribution is 5.78. The van der Waals surface area contributed by atoms with Gasteiger partial charge in [-0.05, 0) is 37.3 Å². The van der Waals surface area contributed by atoms with Crippen LogP contribution in [0.2, 0.25) is 0 Å². The molecule has 3 rings (SSSR count). The zero-order valence-corrected chi connectivity index (χ0v) is 15.5. The number of benzene rings is 1. The Balaban J connectivity index is 1.91. The zero-order chi connectivity index (χ0) is 19.9. The van der Waals surface area contributed by atoms with E-state index in [4.69, 9.17) is 9.47 Å². The number of ether oxygens (including phenoxy) is 2. The van der Waals surface area contributed by atoms with E-state index in [9.17, 15) is 9.90 Å². The summed E-state index contributed by atoms with van der Waals surface area (Å²) in [5.41, 5.74) is 2.68. The number of hydrogen-bond acceptors (Lipinski definition) is 6. The van der Waals surface area contributed by atoms with Crippen molar-refractivity contribution in [3.05, 3.63) is 72.1 Å². The number of hydrogen-bond donors (Lipinski definition) is 1. The second kappa shape index (κ2) is 8.81. The van der Waals surface area contributed by atoms with Crippen molar-refractivity contribution in [2.45, 2.75) is 13.5 Å². The van der Waals surface area contributed by atoms with Gasteiger partial charge >= 0.3 is 0 Å². The number of carbonyl (C=O) groups is 1. The van der Waals surface area contributed by atoms with Gasteiger partial charge in [0.05, 0.1) is 23.6 Å². The maximum absolute atomic E-state index is 11.4. The number of aromatic hydroxyl groups is 1. The van der Waals surface area contributed by atoms with Crippen LogP contribution in [0, 0.1) is 0 Å². The molecule has 2 aromatic heterocycles. The maximum atomic E-state index is 11.4. The average Bonchev–Trinajstić information content (AvgIpc) is 2.73. The number of aromatic nitrogens is 2. The molecule has 1 N–H and O–H groups in total. The van der Waals surface area contributed by atoms with Crippen LogP contribution in [0.25, 0.3) is 17.5 Å². The molecular weight excluding hydrogens is 356 g/mol. The Labute approximate surface area is 163 Å². The van der Waals surface area contributed by atoms with E-state index < -0.39 is 0 Å². The fourth-order valence-corrected chi connectivity index (χ4v) is 2.76. The van der Waals surface area contributed by atoms with E-state index in [2.05, 4.69) is 16.5 Å². The van der Waals surface area contributed by atoms with Gasteiger partial charge in [0.1, 0.15) is 29.5 Å². The first-order valence-electron chi connectivity index (χ1n) is 8.78. The molecule has 0 saturated heterocycles. The predicted molar refractivity (Wildman–Crippen MR) is 107 cm³/mol. The lowest BCUT2D eigenvalue weighted by atomic mass is 10.1. The van der Waals surface area contributed by atoms with Crippen molar-refractivity contribution in [2.24, 2.45) is 0 Å². The molecule has 0 aliphatic carbocycles. The minimum absolute atomic E-state index is 0.0997. The van der Waals surface area contributed by atoms with Crippen molar-refractivity contribution in [1.29, 1.82) is 0 Å². The fraction of sp³-hybridized carbons (Fsp3) is 0.136. The third-order valence-electron chi connectivity index (χ3n) is 4.06. The topological polar surface area (TPSA) is 81.5 Å². The van der Waals surface area contributed by atoms with Crippen LogP contribution in [-0.2, 0) is 6.61 Å². The SMILES string of the molecule is C=Cc1c(O)cccc1OCc1cccnc1-c1ccc(OCC)c(C=O)n1. The highest BCUT2D eigenvalue weighted by atomic mass is 16.5. The smallest absolute Gasteiger partial charge is 0.172 e. The molecule has 3 aromatic rings. The second-order valence-electron chi connectivity index (χ2n) is 5.82. The Kier molecular flexibility index (Phi) is 6.01. The van der Waals surface area contributed by atoms with E-state index in [0.29, 0.717) is 41.3 Å². The minimum Gasteiger partial charge on any atom is -0.507 e. The predicted octanol–water partition coefficient (Wildman–Crippen LogP) is 4.28. The molecule has 28 heavy (non-hydrogen) atoms. The molecule has 0 radical (unpaired) electrons. The van der Waals surface area contributed by atoms with Gasteiger partial charge in [0.15, 0.2) is 6.29 Å². The lowest BCUT2D eigenvalue weighted by molar-refractivity contribution is 0.111. The van der Waals surface area contributed by atoms with Crippen molar-refractivity contribution in [3.63, 3.8) is 0 Å². The number of carbonyl (C=O) groups excluding carboxylic acids is 1. The molecule has 6 heteroatoms. The summed E-state index contributed by atoms with van der Waals surface area (Å²) < 4.78 is 11.3. The second-order valence-corrected chi connectivity index (χ2v) is 5.82. The number of pyridine rings is 2. The van der Waals surface area contributed by atoms with Crippen LogP contribution in [-0.4, -0.2) is 28.0 Å². The third-order valence-corrected chi connectivity index (χ3v) is 4.06. The van der Waals surface area contributed by atoms with Gasteiger partial charge in [0.2, 0.25) is 0 Å². The Morgan fingerprint density at radius 2 is 1.96 bits per heavy atom. The molecule has 0 fully saturated rings. The van der Waals surface area contributed by atoms with Gasteiger partial charge in [0.25, 0.3) is 0 Å². The van der Waals surface area contributed by atoms with Crippen LogP contribution < -0.4 is 9.47 Å². The van der Waals surface area contributed by atoms with E-state index >= 15 is 0 Å². The van der Waals surface area contributed by atoms with E-state index in [-0.39, 0.29) is 18.1 Å². The Morgan fingerprint density at radius 3 is 2.71 bits per heavy atom. The Morgan fingerprint density at radius 1 is 1.11 bits per heavy atom. The van der Waals surface area contributed by atoms with Gasteiger partial charge in [-0.3, -0.25) is 9.78 Å². The van der Waals surface area contributed by atoms with E-state index in [1.807, 2.05) is 13.0 Å². The molecule has 0 atom stereocenters. The summed E-state index contributed by atoms with van der Waals surface area (Å²) in [5.74, 6) is 1.05. The molecule has 1 aromatic carbocycles. The number of phenols is 1. The molecule has 0 spiro atoms. The summed E-state index contributed by atoms with van der Waals surface area (Å²) in [5, 5.41) is 9.93. The van der Waals surface area contributed by atoms with Crippen LogP contribution in [0.3, 0.4) is 0 Å². The molecule has 0 aliphatic heterocycles. The summed E-state index contributed by atoms with van der Waals surface area (Å²) in [6.07, 6.45) is 3.86. The van der Waals surface area contributed by atoms with E-state index in [1.54, 1.807) is 48.7 Å². The monoisotopic (exact) mass is 376 g/mol. The summed E-state index contributed by atoms with van der Waals surface area (Å²) in [6, 6.07) is 12.2. The number of aldehydes is 1. The highest BCUT2D eigenvalue weighted by Gasteiger charge is 2.13. The van der Waals surface area contributed by atoms with Crippen molar-refractivity contribution in [3.8, 4) is 28.6 Å². The number of rotatable bonds is 8. The first-order valence-corrected chi connectivity index (χ1v) is 8.78. The summed E-state index contributed by atoms with van der Waals surface area (Å²) in [6.45, 7) is 6.20. The quantitative estimate of drug-likeness (QED) is 0.591. The van der Waals surface area contributed by atoms with Gasteiger partial charge in [-0.1, -0.05) is 24.8 Å². The van der Waals surface area contributed by atoms with Crippen molar-refractivity contribution in [1.82, 2.24) is 9.97 Å². The standard InChI is InChI=1S/C22H20N2O4/c1-3-16-19(26)8-5-9-20(16)28-14-15-7-6-12-23-22(15)17-10-11-21(27-4-2)18(13-25)24-17/h3,5-13,26H,1,4,14H2,2H3. The summed E-state index contributed by atoms with van der Waals surface area (Å²) >= 11 is 0. The number of nitrogens with zero attached hydrogens (tertiary/aromatic N) is 2. The molecule has 0 unspecified atom stereocenters. The molecule has 142 valence electrons. The van der Waals surface area contributed by atoms with Gasteiger partial charge in [-0.2, -0.15) is 0 Å². The van der Waals surface area contributed by atoms with Crippen molar-refractivity contribution >= 4 is 12.4 Å². The van der Waals surface area contributed by atoms with E-state index in [1.165, 1.54) is 0 Å². The van der Waals surface area contributed by atoms with Crippen LogP contribution in [0.5, 0.6) is 17.2 Å². The Bertz CT molecular complexity index is 1000. The molecule has 6 nitrogen and oxygen atoms in total. The first-order chi connectivity index (χ1) is 13.7. The maximum Gasteiger partial charge on any atom is 0.172 e. The Hall–Kier alpha value is -3.67. The molecule has 0 bridgehead atoms. The van der Waals surface area contributed by atoms with Crippen molar-refractivity contribution in [2.75, 3.05) is 6.61 Å². The van der Waals surface area contributed by atoms with Crippen LogP contribution >= 0.6 is 0 Å². The molecule has 2 heterocycles. The average molecular weight is 376 g/mol. The van der Waals surface area contributed by atoms with Crippen molar-refractivity contribution < 1.29 is 19.4 Å². The van der Waals surface area contributed by atoms with Gasteiger partial charge in [0, 0.05) is 11.8 Å². The van der Waals surface area contributed by atoms with Gasteiger partial charge < -0.3 is 14.6 Å². The lowest BCUT2D eigenvalue weighted by Crippen LogP contribution is -2.03. The van der Waals surface area contributed by atoms with Crippen LogP contribution in [0.15, 0.2) is 55.2 Å². The fourth-order valence-electron chi connectivity index (χ4n) is 2.76. The van der Waals surface area contributed by atoms with Gasteiger partial charge in [-0.25, -0.2) is 4.98 Å². The van der Waals surface area contributed by atoms with Gasteiger partial charge in [-0.15, -0.1) is 0 Å². The third kappa shape index (κ3) is 4.01. The normalized spacial score (nSPS) is 10.3. The highest BCUT2D eigenvalue weighted by Crippen LogP contribution is 2.30. The molecule has 0 saturated carbocycles. The van der Waals surface area contributed by atoms with Crippen LogP contribution in [0.1, 0.15) is 28.5 Å². The summed E-state index contributed by atoms with van der Waals surface area (Å²) in [7, 11) is 0. The summed E-state index contributed by atoms with van der Waals surface area (Å²) in [4.78, 5) is 20.1. The number of phenolic OH excluding ortho intramolecular Hbond substituents is 1. The minimum atomic E-state index is 0.0997. The zero-order valence-electron chi connectivity index (χ0n) is 15.5. The molecular formula is C22H20N2O4. The first kappa shape index (κ1) is 19.1. The molecule has 0 aliphatic rings. The molecule has 0 amide bonds. The lowest BCUT2D eigenvalue weighted by Gasteiger charge is -2.13. The van der Waals surface area contributed by atoms with E-state index in [0.717, 1.165) is 5.56 Å². The largest absolute Gasteiger partial charge is 0.507 e.